The molecule has 4 heteroatoms. The van der Waals surface area contributed by atoms with Crippen LogP contribution in [0.1, 0.15) is 30.9 Å². The average Bonchev–Trinajstić information content (AvgIpc) is 3.14. The van der Waals surface area contributed by atoms with E-state index >= 15 is 0 Å². The summed E-state index contributed by atoms with van der Waals surface area (Å²) in [6.07, 6.45) is 2.26. The van der Waals surface area contributed by atoms with E-state index in [0.717, 1.165) is 17.3 Å². The molecule has 1 atom stereocenters. The Morgan fingerprint density at radius 2 is 2.22 bits per heavy atom. The monoisotopic (exact) mass is 310 g/mol. The van der Waals surface area contributed by atoms with Gasteiger partial charge in [-0.15, -0.1) is 0 Å². The van der Waals surface area contributed by atoms with Gasteiger partial charge < -0.3 is 10.6 Å². The number of hydrogen-bond acceptors (Lipinski definition) is 2. The minimum Gasteiger partial charge on any atom is -0.352 e. The van der Waals surface area contributed by atoms with Crippen molar-refractivity contribution in [2.75, 3.05) is 0 Å². The molecule has 1 saturated carbocycles. The summed E-state index contributed by atoms with van der Waals surface area (Å²) in [4.78, 5) is 11.8. The lowest BCUT2D eigenvalue weighted by molar-refractivity contribution is -0.122. The summed E-state index contributed by atoms with van der Waals surface area (Å²) in [5.74, 6) is 0.103. The molecular weight excluding hydrogens is 292 g/mol. The first kappa shape index (κ1) is 13.6. The van der Waals surface area contributed by atoms with E-state index in [1.54, 1.807) is 0 Å². The van der Waals surface area contributed by atoms with Gasteiger partial charge in [-0.25, -0.2) is 0 Å². The van der Waals surface area contributed by atoms with Gasteiger partial charge in [-0.05, 0) is 43.9 Å². The van der Waals surface area contributed by atoms with Gasteiger partial charge >= 0.3 is 0 Å². The zero-order valence-corrected chi connectivity index (χ0v) is 12.4. The number of aryl methyl sites for hydroxylation is 1. The third kappa shape index (κ3) is 3.82. The van der Waals surface area contributed by atoms with Crippen molar-refractivity contribution in [3.8, 4) is 0 Å². The molecule has 0 bridgehead atoms. The lowest BCUT2D eigenvalue weighted by Gasteiger charge is -2.14. The molecule has 2 rings (SSSR count). The second kappa shape index (κ2) is 5.85. The number of carbonyl (C=O) groups excluding carboxylic acids is 1. The van der Waals surface area contributed by atoms with Gasteiger partial charge in [0, 0.05) is 17.1 Å². The minimum absolute atomic E-state index is 0.103. The van der Waals surface area contributed by atoms with Crippen LogP contribution in [0, 0.1) is 6.92 Å². The number of halogens is 1. The summed E-state index contributed by atoms with van der Waals surface area (Å²) in [7, 11) is 0. The highest BCUT2D eigenvalue weighted by Crippen LogP contribution is 2.19. The van der Waals surface area contributed by atoms with Gasteiger partial charge in [0.1, 0.15) is 0 Å². The Hall–Kier alpha value is -0.870. The van der Waals surface area contributed by atoms with Crippen LogP contribution >= 0.6 is 15.9 Å². The van der Waals surface area contributed by atoms with Crippen molar-refractivity contribution in [1.29, 1.82) is 0 Å². The van der Waals surface area contributed by atoms with Crippen LogP contribution in [0.3, 0.4) is 0 Å². The van der Waals surface area contributed by atoms with Crippen molar-refractivity contribution >= 4 is 21.8 Å². The smallest absolute Gasteiger partial charge is 0.237 e. The number of rotatable bonds is 5. The van der Waals surface area contributed by atoms with Gasteiger partial charge in [0.25, 0.3) is 0 Å². The zero-order valence-electron chi connectivity index (χ0n) is 10.8. The van der Waals surface area contributed by atoms with Crippen LogP contribution in [0.4, 0.5) is 0 Å². The fourth-order valence-electron chi connectivity index (χ4n) is 1.73. The SMILES string of the molecule is Cc1cc(CNC(C)C(=O)NC2CC2)ccc1Br. The Balaban J connectivity index is 1.82. The van der Waals surface area contributed by atoms with E-state index in [9.17, 15) is 4.79 Å². The van der Waals surface area contributed by atoms with E-state index in [0.29, 0.717) is 12.6 Å². The number of hydrogen-bond donors (Lipinski definition) is 2. The molecule has 98 valence electrons. The molecule has 1 aliphatic carbocycles. The summed E-state index contributed by atoms with van der Waals surface area (Å²) in [6.45, 7) is 4.69. The first-order valence-electron chi connectivity index (χ1n) is 6.35. The molecule has 1 aromatic carbocycles. The Labute approximate surface area is 116 Å². The van der Waals surface area contributed by atoms with Gasteiger partial charge in [0.15, 0.2) is 0 Å². The van der Waals surface area contributed by atoms with Crippen molar-refractivity contribution < 1.29 is 4.79 Å². The standard InChI is InChI=1S/C14H19BrN2O/c1-9-7-11(3-6-13(9)15)8-16-10(2)14(18)17-12-4-5-12/h3,6-7,10,12,16H,4-5,8H2,1-2H3,(H,17,18). The molecular formula is C14H19BrN2O. The molecule has 0 saturated heterocycles. The fourth-order valence-corrected chi connectivity index (χ4v) is 1.98. The van der Waals surface area contributed by atoms with E-state index in [1.807, 2.05) is 13.0 Å². The van der Waals surface area contributed by atoms with E-state index in [4.69, 9.17) is 0 Å². The van der Waals surface area contributed by atoms with Crippen molar-refractivity contribution in [3.05, 3.63) is 33.8 Å². The topological polar surface area (TPSA) is 41.1 Å². The van der Waals surface area contributed by atoms with Crippen LogP contribution in [0.2, 0.25) is 0 Å². The quantitative estimate of drug-likeness (QED) is 0.877. The molecule has 0 spiro atoms. The van der Waals surface area contributed by atoms with E-state index in [-0.39, 0.29) is 11.9 Å². The van der Waals surface area contributed by atoms with Crippen molar-refractivity contribution in [2.45, 2.75) is 45.3 Å². The Bertz CT molecular complexity index is 443. The average molecular weight is 311 g/mol. The van der Waals surface area contributed by atoms with Gasteiger partial charge in [0.2, 0.25) is 5.91 Å². The molecule has 1 fully saturated rings. The zero-order chi connectivity index (χ0) is 13.1. The predicted octanol–water partition coefficient (Wildman–Crippen LogP) is 2.51. The largest absolute Gasteiger partial charge is 0.352 e. The first-order valence-corrected chi connectivity index (χ1v) is 7.14. The summed E-state index contributed by atoms with van der Waals surface area (Å²) in [5.41, 5.74) is 2.41. The van der Waals surface area contributed by atoms with Gasteiger partial charge in [-0.3, -0.25) is 4.79 Å². The van der Waals surface area contributed by atoms with Crippen LogP contribution in [-0.4, -0.2) is 18.0 Å². The summed E-state index contributed by atoms with van der Waals surface area (Å²) in [6, 6.07) is 6.52. The molecule has 1 amide bonds. The molecule has 1 aliphatic rings. The van der Waals surface area contributed by atoms with Gasteiger partial charge in [-0.1, -0.05) is 28.1 Å². The molecule has 3 nitrogen and oxygen atoms in total. The number of benzene rings is 1. The maximum atomic E-state index is 11.8. The van der Waals surface area contributed by atoms with Crippen molar-refractivity contribution in [2.24, 2.45) is 0 Å². The second-order valence-corrected chi connectivity index (χ2v) is 5.82. The van der Waals surface area contributed by atoms with Crippen molar-refractivity contribution in [3.63, 3.8) is 0 Å². The first-order chi connectivity index (χ1) is 8.56. The molecule has 2 N–H and O–H groups in total. The number of nitrogens with one attached hydrogen (secondary N) is 2. The molecule has 0 aromatic heterocycles. The molecule has 1 aromatic rings. The summed E-state index contributed by atoms with van der Waals surface area (Å²) >= 11 is 3.48. The summed E-state index contributed by atoms with van der Waals surface area (Å²) < 4.78 is 1.12. The maximum absolute atomic E-state index is 11.8. The number of amides is 1. The molecule has 1 unspecified atom stereocenters. The highest BCUT2D eigenvalue weighted by atomic mass is 79.9. The highest BCUT2D eigenvalue weighted by Gasteiger charge is 2.25. The van der Waals surface area contributed by atoms with E-state index in [2.05, 4.69) is 45.6 Å². The van der Waals surface area contributed by atoms with Crippen LogP contribution in [0.5, 0.6) is 0 Å². The molecule has 0 aliphatic heterocycles. The second-order valence-electron chi connectivity index (χ2n) is 4.97. The van der Waals surface area contributed by atoms with Crippen LogP contribution in [-0.2, 0) is 11.3 Å². The third-order valence-electron chi connectivity index (χ3n) is 3.15. The fraction of sp³-hybridized carbons (Fsp3) is 0.500. The maximum Gasteiger partial charge on any atom is 0.237 e. The molecule has 0 heterocycles. The van der Waals surface area contributed by atoms with Crippen LogP contribution < -0.4 is 10.6 Å². The normalized spacial score (nSPS) is 16.4. The minimum atomic E-state index is -0.144. The van der Waals surface area contributed by atoms with Crippen molar-refractivity contribution in [1.82, 2.24) is 10.6 Å². The Morgan fingerprint density at radius 3 is 2.83 bits per heavy atom. The summed E-state index contributed by atoms with van der Waals surface area (Å²) in [5, 5.41) is 6.25. The Kier molecular flexibility index (Phi) is 4.40. The molecule has 0 radical (unpaired) electrons. The van der Waals surface area contributed by atoms with Crippen LogP contribution in [0.25, 0.3) is 0 Å². The third-order valence-corrected chi connectivity index (χ3v) is 4.04. The predicted molar refractivity (Wildman–Crippen MR) is 76.3 cm³/mol. The highest BCUT2D eigenvalue weighted by molar-refractivity contribution is 9.10. The number of carbonyl (C=O) groups is 1. The van der Waals surface area contributed by atoms with Gasteiger partial charge in [0.05, 0.1) is 6.04 Å². The van der Waals surface area contributed by atoms with E-state index < -0.39 is 0 Å². The van der Waals surface area contributed by atoms with Crippen LogP contribution in [0.15, 0.2) is 22.7 Å². The Morgan fingerprint density at radius 1 is 1.50 bits per heavy atom. The molecule has 18 heavy (non-hydrogen) atoms. The lowest BCUT2D eigenvalue weighted by Crippen LogP contribution is -2.42. The van der Waals surface area contributed by atoms with E-state index in [1.165, 1.54) is 11.1 Å². The van der Waals surface area contributed by atoms with Gasteiger partial charge in [-0.2, -0.15) is 0 Å². The lowest BCUT2D eigenvalue weighted by atomic mass is 10.1.